The Hall–Kier alpha value is -8.75. The van der Waals surface area contributed by atoms with E-state index < -0.39 is 22.4 Å². The summed E-state index contributed by atoms with van der Waals surface area (Å²) in [7, 11) is 5.32. The summed E-state index contributed by atoms with van der Waals surface area (Å²) in [5.74, 6) is 15.1. The van der Waals surface area contributed by atoms with Gasteiger partial charge >= 0.3 is 11.3 Å². The van der Waals surface area contributed by atoms with Crippen LogP contribution in [0.3, 0.4) is 0 Å². The van der Waals surface area contributed by atoms with Gasteiger partial charge in [0.15, 0.2) is 11.6 Å². The molecule has 2 aromatic rings. The third-order valence-electron chi connectivity index (χ3n) is 40.0. The molecule has 10 unspecified atom stereocenters. The van der Waals surface area contributed by atoms with Crippen LogP contribution in [0.2, 0.25) is 0 Å². The summed E-state index contributed by atoms with van der Waals surface area (Å²) in [4.78, 5) is 36.4. The number of aliphatic hydroxyl groups is 4. The van der Waals surface area contributed by atoms with E-state index in [1.54, 1.807) is 56.5 Å². The Morgan fingerprint density at radius 2 is 0.886 bits per heavy atom. The van der Waals surface area contributed by atoms with E-state index >= 15 is 0 Å². The molecule has 13 nitrogen and oxygen atoms in total. The number of Topliss-reactive ketones (excluding diaryl/α,β-unsaturated/α-hetero) is 1. The number of aryl methyl sites for hydroxylation is 2. The van der Waals surface area contributed by atoms with Crippen LogP contribution in [0.25, 0.3) is 0 Å². The van der Waals surface area contributed by atoms with Crippen LogP contribution in [-0.2, 0) is 33.2 Å². The van der Waals surface area contributed by atoms with Crippen LogP contribution < -0.4 is 0 Å². The molecule has 13 heteroatoms. The van der Waals surface area contributed by atoms with Crippen molar-refractivity contribution in [2.75, 3.05) is 21.3 Å². The maximum atomic E-state index is 12.4. The molecule has 0 aliphatic heterocycles. The second-order valence-corrected chi connectivity index (χ2v) is 45.1. The topological polar surface area (TPSA) is 206 Å². The van der Waals surface area contributed by atoms with Crippen molar-refractivity contribution < 1.29 is 63.9 Å². The van der Waals surface area contributed by atoms with Gasteiger partial charge in [0, 0.05) is 106 Å². The third-order valence-corrected chi connectivity index (χ3v) is 40.0. The van der Waals surface area contributed by atoms with E-state index in [1.165, 1.54) is 39.0 Å². The fourth-order valence-corrected chi connectivity index (χ4v) is 31.0. The number of terminal acetylenes is 2. The second kappa shape index (κ2) is 36.1. The fourth-order valence-electron chi connectivity index (χ4n) is 31.0. The van der Waals surface area contributed by atoms with Gasteiger partial charge in [0.25, 0.3) is 0 Å². The van der Waals surface area contributed by atoms with E-state index in [-0.39, 0.29) is 73.1 Å². The van der Waals surface area contributed by atoms with Gasteiger partial charge in [0.2, 0.25) is 0 Å². The van der Waals surface area contributed by atoms with Crippen molar-refractivity contribution in [3.63, 3.8) is 0 Å². The van der Waals surface area contributed by atoms with Crippen molar-refractivity contribution in [1.29, 1.82) is 0 Å². The molecule has 20 aliphatic carbocycles. The number of ketones is 3. The number of rotatable bonds is 7. The third kappa shape index (κ3) is 15.3. The maximum absolute atomic E-state index is 12.4. The molecular formula is C119H152O13. The first-order valence-corrected chi connectivity index (χ1v) is 49.7. The number of methoxy groups -OCH3 is 3. The number of hydrogen-bond donors (Lipinski definition) is 4. The first kappa shape index (κ1) is 97.8. The van der Waals surface area contributed by atoms with Crippen LogP contribution in [0.4, 0.5) is 0 Å². The van der Waals surface area contributed by atoms with E-state index in [4.69, 9.17) is 34.1 Å². The Labute approximate surface area is 790 Å². The normalized spacial score (nSPS) is 42.6. The maximum Gasteiger partial charge on any atom is 0 e. The Morgan fingerprint density at radius 3 is 1.36 bits per heavy atom. The van der Waals surface area contributed by atoms with Gasteiger partial charge in [0.1, 0.15) is 28.7 Å². The van der Waals surface area contributed by atoms with E-state index in [9.17, 15) is 34.8 Å². The minimum Gasteiger partial charge on any atom is 0 e. The molecule has 2 aromatic heterocycles. The van der Waals surface area contributed by atoms with Gasteiger partial charge in [-0.3, -0.25) is 14.4 Å². The Kier molecular flexibility index (Phi) is 26.7. The minimum atomic E-state index is -0.944. The molecule has 0 saturated heterocycles. The molecular weight excluding hydrogens is 1640 g/mol. The molecule has 0 bridgehead atoms. The van der Waals surface area contributed by atoms with Gasteiger partial charge in [-0.15, -0.1) is 39.0 Å². The summed E-state index contributed by atoms with van der Waals surface area (Å²) in [6.07, 6.45) is 82.7. The number of hydrogen-bond acceptors (Lipinski definition) is 12. The van der Waals surface area contributed by atoms with Crippen LogP contribution in [0.5, 0.6) is 0 Å². The van der Waals surface area contributed by atoms with Crippen molar-refractivity contribution >= 4 is 17.3 Å². The zero-order valence-corrected chi connectivity index (χ0v) is 82.0. The molecule has 0 amide bonds. The molecule has 132 heavy (non-hydrogen) atoms. The Balaban J connectivity index is 0.000000130. The van der Waals surface area contributed by atoms with Crippen LogP contribution in [-0.4, -0.2) is 81.5 Å². The summed E-state index contributed by atoms with van der Waals surface area (Å²) in [5, 5.41) is 44.6. The molecule has 2 heterocycles. The molecule has 22 rings (SSSR count). The number of fused-ring (bicyclic) bond motifs is 25. The number of carbonyl (C=O) groups is 3. The van der Waals surface area contributed by atoms with Crippen molar-refractivity contribution in [3.8, 4) is 25.2 Å². The predicted molar refractivity (Wildman–Crippen MR) is 525 cm³/mol. The van der Waals surface area contributed by atoms with Gasteiger partial charge in [-0.1, -0.05) is 188 Å². The number of ether oxygens (including phenoxy) is 3. The Morgan fingerprint density at radius 1 is 0.462 bits per heavy atom. The van der Waals surface area contributed by atoms with Crippen molar-refractivity contribution in [3.05, 3.63) is 257 Å². The molecule has 706 valence electrons. The average Bonchev–Trinajstić information content (AvgIpc) is 1.56. The minimum absolute atomic E-state index is 0. The zero-order valence-electron chi connectivity index (χ0n) is 82.0. The van der Waals surface area contributed by atoms with E-state index in [1.807, 2.05) is 50.3 Å². The van der Waals surface area contributed by atoms with Gasteiger partial charge in [-0.05, 0) is 292 Å². The molecule has 4 N–H and O–H groups in total. The molecule has 0 spiro atoms. The van der Waals surface area contributed by atoms with Crippen molar-refractivity contribution in [2.45, 2.75) is 298 Å². The zero-order chi connectivity index (χ0) is 95.3. The number of furan rings is 2. The predicted octanol–water partition coefficient (Wildman–Crippen LogP) is 25.7. The molecule has 25 atom stereocenters. The standard InChI is InChI=1S/C26H32O3.C22H30O2.C22H28O2.C21H26O2.C20H26O2.C5H6O.C2H2.CO.H2/c1-5-26(28)13-10-21-23-19(22-7-6-16(2)29-22)15-17-14-18(27)8-11-24(17,3)20(23)9-12-25(21,26)4;2*1-5-22(23)13-10-19-17-7-6-15-14-16(24-4)8-11-20(15,2)18(17)9-12-21(19,22)3;1-4-21(23)12-9-18-16-6-5-14-13-15(22)7-10-19(14,2)17(16)8-11-20(18,21)3;1-19-10-8-14(22-3)12-13(19)4-5-15-16-6-7-18(21)20(16,2)11-9-17(15)19;1-5-3-2-4-6-5;2*1-2;/h5-7,9,14,19,21,23,28H,1,8,10-13,15H2,2-4H3;5-6,9,14,17,19,23H,1,7-8,10-13H2,2-4H3;1,6,9,14,17,19,23H,7-8,10-13H2,2-4H3;4-6,8,13,16,18,23H,1,7,9-12H2,2-3H3;4,9,12,15-16H,5-8,10-11H2,1-3H3;2-4H,1H3;1-2H;;1H/t19-,21?,23?,24-,25-,26-;2*17?,19?,20-,21-,22-;16?,18?,19-,20-,21-;15?,16?,19-,20-;;;;/m00000..../s1. The van der Waals surface area contributed by atoms with Gasteiger partial charge in [-0.25, -0.2) is 0 Å². The van der Waals surface area contributed by atoms with Crippen LogP contribution in [0.1, 0.15) is 280 Å². The average molecular weight is 1790 g/mol. The quantitative estimate of drug-likeness (QED) is 0.0884. The van der Waals surface area contributed by atoms with Crippen LogP contribution in [0, 0.1) is 159 Å². The number of carbonyl (C=O) groups excluding carboxylic acids is 3. The summed E-state index contributed by atoms with van der Waals surface area (Å²) in [5.41, 5.74) is 11.1. The summed E-state index contributed by atoms with van der Waals surface area (Å²) < 4.78 is 35.0. The fraction of sp³-hybridized carbons (Fsp3) is 0.580. The molecule has 6 saturated carbocycles. The van der Waals surface area contributed by atoms with E-state index in [0.717, 1.165) is 208 Å². The molecule has 0 aromatic carbocycles. The Bertz CT molecular complexity index is 5470. The monoisotopic (exact) mass is 1790 g/mol. The molecule has 0 radical (unpaired) electrons. The van der Waals surface area contributed by atoms with E-state index in [2.05, 4.69) is 199 Å². The second-order valence-electron chi connectivity index (χ2n) is 45.1. The smallest absolute Gasteiger partial charge is 0 e. The molecule has 20 aliphatic rings. The van der Waals surface area contributed by atoms with Gasteiger partial charge in [-0.2, -0.15) is 0 Å². The van der Waals surface area contributed by atoms with Crippen molar-refractivity contribution in [2.24, 2.45) is 113 Å². The first-order valence-electron chi connectivity index (χ1n) is 49.7. The first-order chi connectivity index (χ1) is 62.7. The SMILES string of the molecule is C#C.C#C[C@]1(O)CCC2C3CC=C4C=C(OC)CC[C@]4(C)C3=CC[C@@]21C.C=C[C@]1(O)CCC2C3C(=CC[C@@]21C)[C@@]1(C)CCC(=O)C=C1C[C@H]3c1ccc(C)o1.C=C[C@]1(O)CCC2C3C=CC4=CC(=O)CC[C@]4(C)C3=CC[C@@]21C.C=C[C@]1(O)CCC2C3CC=C4C=C(OC)CC[C@]4(C)C3=CC[C@@]21C.COC1=CC2=CCC3C(=CC[C@]4(C)C(=O)CCC34)[C@@]2(C)CC1.Cc1ccco1.[C-]#[O+].[HH]. The summed E-state index contributed by atoms with van der Waals surface area (Å²) >= 11 is 0. The summed E-state index contributed by atoms with van der Waals surface area (Å²) in [6, 6.07) is 7.95. The van der Waals surface area contributed by atoms with Crippen molar-refractivity contribution in [1.82, 2.24) is 0 Å². The van der Waals surface area contributed by atoms with Crippen LogP contribution >= 0.6 is 0 Å². The largest absolute Gasteiger partial charge is 0 e. The van der Waals surface area contributed by atoms with E-state index in [0.29, 0.717) is 77.8 Å². The number of allylic oxidation sites excluding steroid dienone is 28. The summed E-state index contributed by atoms with van der Waals surface area (Å²) in [6.45, 7) is 43.3. The van der Waals surface area contributed by atoms with Gasteiger partial charge in [0.05, 0.1) is 61.7 Å². The van der Waals surface area contributed by atoms with Gasteiger partial charge < -0.3 is 43.5 Å². The molecule has 6 fully saturated rings. The van der Waals surface area contributed by atoms with Crippen LogP contribution in [0.15, 0.2) is 241 Å².